The predicted octanol–water partition coefficient (Wildman–Crippen LogP) is -1.18. The Kier molecular flexibility index (Phi) is 3.65. The molecule has 1 heterocycles. The van der Waals surface area contributed by atoms with Gasteiger partial charge in [-0.1, -0.05) is 0 Å². The average molecular weight is 188 g/mol. The van der Waals surface area contributed by atoms with Crippen molar-refractivity contribution in [2.75, 3.05) is 33.9 Å². The lowest BCUT2D eigenvalue weighted by Crippen LogP contribution is -2.35. The van der Waals surface area contributed by atoms with E-state index in [1.165, 1.54) is 0 Å². The predicted molar refractivity (Wildman–Crippen MR) is 47.2 cm³/mol. The van der Waals surface area contributed by atoms with Gasteiger partial charge in [0.05, 0.1) is 6.54 Å². The first kappa shape index (κ1) is 10.4. The van der Waals surface area contributed by atoms with Crippen LogP contribution in [-0.4, -0.2) is 56.9 Å². The van der Waals surface area contributed by atoms with Crippen LogP contribution in [0.4, 0.5) is 0 Å². The van der Waals surface area contributed by atoms with Gasteiger partial charge in [0, 0.05) is 27.3 Å². The monoisotopic (exact) mass is 188 g/mol. The summed E-state index contributed by atoms with van der Waals surface area (Å²) in [4.78, 5) is 12.9. The minimum Gasteiger partial charge on any atom is -0.377 e. The van der Waals surface area contributed by atoms with Crippen molar-refractivity contribution in [3.63, 3.8) is 0 Å². The zero-order valence-corrected chi connectivity index (χ0v) is 8.03. The third-order valence-electron chi connectivity index (χ3n) is 2.35. The highest BCUT2D eigenvalue weighted by Crippen LogP contribution is 2.15. The van der Waals surface area contributed by atoms with E-state index >= 15 is 0 Å². The summed E-state index contributed by atoms with van der Waals surface area (Å²) < 4.78 is 10.4. The molecule has 5 nitrogen and oxygen atoms in total. The molecule has 1 saturated heterocycles. The number of amides is 1. The van der Waals surface area contributed by atoms with Crippen molar-refractivity contribution in [1.29, 1.82) is 0 Å². The van der Waals surface area contributed by atoms with Crippen LogP contribution in [0.3, 0.4) is 0 Å². The highest BCUT2D eigenvalue weighted by molar-refractivity contribution is 5.78. The fourth-order valence-corrected chi connectivity index (χ4v) is 1.53. The fourth-order valence-electron chi connectivity index (χ4n) is 1.53. The number of carbonyl (C=O) groups is 1. The Hall–Kier alpha value is -0.650. The molecule has 13 heavy (non-hydrogen) atoms. The van der Waals surface area contributed by atoms with Crippen molar-refractivity contribution < 1.29 is 14.3 Å². The van der Waals surface area contributed by atoms with Gasteiger partial charge in [0.25, 0.3) is 0 Å². The molecule has 0 saturated carbocycles. The molecular weight excluding hydrogens is 172 g/mol. The first-order valence-corrected chi connectivity index (χ1v) is 4.26. The van der Waals surface area contributed by atoms with Crippen LogP contribution in [-0.2, 0) is 14.3 Å². The van der Waals surface area contributed by atoms with E-state index in [0.29, 0.717) is 13.1 Å². The lowest BCUT2D eigenvalue weighted by atomic mass is 10.3. The number of likely N-dealkylation sites (tertiary alicyclic amines) is 1. The van der Waals surface area contributed by atoms with Crippen molar-refractivity contribution in [3.8, 4) is 0 Å². The number of hydrogen-bond donors (Lipinski definition) is 1. The molecule has 0 bridgehead atoms. The summed E-state index contributed by atoms with van der Waals surface area (Å²) in [5.41, 5.74) is 5.25. The van der Waals surface area contributed by atoms with E-state index in [-0.39, 0.29) is 24.7 Å². The number of rotatable bonds is 3. The van der Waals surface area contributed by atoms with Crippen molar-refractivity contribution in [2.24, 2.45) is 5.73 Å². The van der Waals surface area contributed by atoms with Gasteiger partial charge in [0.1, 0.15) is 12.2 Å². The highest BCUT2D eigenvalue weighted by Gasteiger charge is 2.34. The Labute approximate surface area is 77.8 Å². The molecule has 5 heteroatoms. The maximum Gasteiger partial charge on any atom is 0.236 e. The quantitative estimate of drug-likeness (QED) is 0.605. The van der Waals surface area contributed by atoms with Crippen LogP contribution in [0.25, 0.3) is 0 Å². The zero-order chi connectivity index (χ0) is 9.84. The molecule has 0 radical (unpaired) electrons. The van der Waals surface area contributed by atoms with Gasteiger partial charge in [-0.05, 0) is 0 Å². The normalized spacial score (nSPS) is 28.1. The molecule has 0 aromatic rings. The average Bonchev–Trinajstić information content (AvgIpc) is 2.59. The molecule has 0 spiro atoms. The van der Waals surface area contributed by atoms with Crippen LogP contribution in [0.5, 0.6) is 0 Å². The summed E-state index contributed by atoms with van der Waals surface area (Å²) in [5.74, 6) is -0.0541. The largest absolute Gasteiger partial charge is 0.377 e. The molecule has 1 rings (SSSR count). The van der Waals surface area contributed by atoms with Crippen molar-refractivity contribution >= 4 is 5.91 Å². The molecule has 1 fully saturated rings. The van der Waals surface area contributed by atoms with Crippen molar-refractivity contribution in [3.05, 3.63) is 0 Å². The first-order chi connectivity index (χ1) is 6.22. The molecule has 0 aromatic heterocycles. The van der Waals surface area contributed by atoms with Crippen LogP contribution >= 0.6 is 0 Å². The molecule has 0 unspecified atom stereocenters. The number of nitrogens with zero attached hydrogens (tertiary/aromatic N) is 1. The van der Waals surface area contributed by atoms with Crippen LogP contribution in [0.1, 0.15) is 0 Å². The molecule has 1 amide bonds. The number of hydrogen-bond acceptors (Lipinski definition) is 4. The minimum absolute atomic E-state index is 0.0273. The Morgan fingerprint density at radius 3 is 2.15 bits per heavy atom. The summed E-state index contributed by atoms with van der Waals surface area (Å²) >= 11 is 0. The third kappa shape index (κ3) is 2.18. The molecule has 1 aliphatic rings. The number of carbonyl (C=O) groups excluding carboxylic acids is 1. The Bertz CT molecular complexity index is 174. The van der Waals surface area contributed by atoms with Crippen molar-refractivity contribution in [1.82, 2.24) is 4.90 Å². The maximum atomic E-state index is 11.2. The van der Waals surface area contributed by atoms with Gasteiger partial charge in [-0.15, -0.1) is 0 Å². The van der Waals surface area contributed by atoms with Crippen LogP contribution in [0, 0.1) is 0 Å². The Morgan fingerprint density at radius 1 is 1.38 bits per heavy atom. The second-order valence-corrected chi connectivity index (χ2v) is 3.05. The topological polar surface area (TPSA) is 64.8 Å². The molecule has 0 aliphatic carbocycles. The summed E-state index contributed by atoms with van der Waals surface area (Å²) in [6.07, 6.45) is -0.0546. The van der Waals surface area contributed by atoms with Crippen molar-refractivity contribution in [2.45, 2.75) is 12.2 Å². The van der Waals surface area contributed by atoms with E-state index in [1.807, 2.05) is 0 Å². The van der Waals surface area contributed by atoms with E-state index in [9.17, 15) is 4.79 Å². The van der Waals surface area contributed by atoms with Crippen LogP contribution in [0.15, 0.2) is 0 Å². The van der Waals surface area contributed by atoms with Gasteiger partial charge < -0.3 is 20.1 Å². The highest BCUT2D eigenvalue weighted by atomic mass is 16.5. The maximum absolute atomic E-state index is 11.2. The van der Waals surface area contributed by atoms with E-state index in [1.54, 1.807) is 19.1 Å². The molecule has 0 aromatic carbocycles. The minimum atomic E-state index is -0.0541. The fraction of sp³-hybridized carbons (Fsp3) is 0.875. The summed E-state index contributed by atoms with van der Waals surface area (Å²) in [7, 11) is 3.24. The SMILES string of the molecule is CO[C@@H]1CN(C(=O)CN)C[C@H]1OC. The van der Waals surface area contributed by atoms with Crippen LogP contribution < -0.4 is 5.73 Å². The number of nitrogens with two attached hydrogens (primary N) is 1. The smallest absolute Gasteiger partial charge is 0.236 e. The number of ether oxygens (including phenoxy) is 2. The standard InChI is InChI=1S/C8H16N2O3/c1-12-6-4-10(8(11)3-9)5-7(6)13-2/h6-7H,3-5,9H2,1-2H3/t6-,7-/m1/s1. The van der Waals surface area contributed by atoms with Crippen LogP contribution in [0.2, 0.25) is 0 Å². The Balaban J connectivity index is 2.52. The second kappa shape index (κ2) is 4.55. The lowest BCUT2D eigenvalue weighted by molar-refractivity contribution is -0.129. The summed E-state index contributed by atoms with van der Waals surface area (Å²) in [5, 5.41) is 0. The van der Waals surface area contributed by atoms with E-state index < -0.39 is 0 Å². The summed E-state index contributed by atoms with van der Waals surface area (Å²) in [6.45, 7) is 1.20. The van der Waals surface area contributed by atoms with Gasteiger partial charge >= 0.3 is 0 Å². The van der Waals surface area contributed by atoms with Gasteiger partial charge in [-0.3, -0.25) is 4.79 Å². The van der Waals surface area contributed by atoms with E-state index in [4.69, 9.17) is 15.2 Å². The lowest BCUT2D eigenvalue weighted by Gasteiger charge is -2.13. The molecule has 2 N–H and O–H groups in total. The van der Waals surface area contributed by atoms with E-state index in [0.717, 1.165) is 0 Å². The molecule has 76 valence electrons. The first-order valence-electron chi connectivity index (χ1n) is 4.26. The molecular formula is C8H16N2O3. The molecule has 2 atom stereocenters. The summed E-state index contributed by atoms with van der Waals surface area (Å²) in [6, 6.07) is 0. The van der Waals surface area contributed by atoms with Gasteiger partial charge in [-0.2, -0.15) is 0 Å². The number of methoxy groups -OCH3 is 2. The van der Waals surface area contributed by atoms with Gasteiger partial charge in [0.15, 0.2) is 0 Å². The zero-order valence-electron chi connectivity index (χ0n) is 8.03. The molecule has 1 aliphatic heterocycles. The Morgan fingerprint density at radius 2 is 1.85 bits per heavy atom. The second-order valence-electron chi connectivity index (χ2n) is 3.05. The van der Waals surface area contributed by atoms with E-state index in [2.05, 4.69) is 0 Å². The van der Waals surface area contributed by atoms with Gasteiger partial charge in [0.2, 0.25) is 5.91 Å². The third-order valence-corrected chi connectivity index (χ3v) is 2.35. The van der Waals surface area contributed by atoms with Gasteiger partial charge in [-0.25, -0.2) is 0 Å².